The van der Waals surface area contributed by atoms with Crippen molar-refractivity contribution in [3.63, 3.8) is 0 Å². The molecule has 1 heterocycles. The third-order valence-corrected chi connectivity index (χ3v) is 3.78. The molecule has 0 saturated carbocycles. The van der Waals surface area contributed by atoms with Crippen molar-refractivity contribution in [2.24, 2.45) is 0 Å². The lowest BCUT2D eigenvalue weighted by molar-refractivity contribution is -0.138. The predicted octanol–water partition coefficient (Wildman–Crippen LogP) is 3.18. The molecule has 0 fully saturated rings. The van der Waals surface area contributed by atoms with Gasteiger partial charge in [-0.2, -0.15) is 0 Å². The SMILES string of the molecule is CCC(CC(=O)O)n1nnnc1-c1ccc(Cl)cc1Br. The van der Waals surface area contributed by atoms with Crippen LogP contribution in [-0.2, 0) is 4.79 Å². The number of nitrogens with zero attached hydrogens (tertiary/aromatic N) is 4. The highest BCUT2D eigenvalue weighted by Gasteiger charge is 2.21. The van der Waals surface area contributed by atoms with E-state index in [-0.39, 0.29) is 12.5 Å². The number of aromatic nitrogens is 4. The van der Waals surface area contributed by atoms with Crippen molar-refractivity contribution < 1.29 is 9.90 Å². The van der Waals surface area contributed by atoms with Crippen LogP contribution in [0.4, 0.5) is 0 Å². The number of rotatable bonds is 5. The molecule has 0 saturated heterocycles. The molecular weight excluding hydrogens is 348 g/mol. The van der Waals surface area contributed by atoms with Crippen LogP contribution in [0.25, 0.3) is 11.4 Å². The van der Waals surface area contributed by atoms with E-state index in [9.17, 15) is 4.79 Å². The molecule has 6 nitrogen and oxygen atoms in total. The molecule has 106 valence electrons. The van der Waals surface area contributed by atoms with Gasteiger partial charge in [0.2, 0.25) is 0 Å². The van der Waals surface area contributed by atoms with E-state index >= 15 is 0 Å². The molecule has 0 aliphatic rings. The molecule has 1 aromatic heterocycles. The van der Waals surface area contributed by atoms with Crippen molar-refractivity contribution in [3.8, 4) is 11.4 Å². The second-order valence-electron chi connectivity index (χ2n) is 4.23. The van der Waals surface area contributed by atoms with Gasteiger partial charge < -0.3 is 5.11 Å². The molecule has 2 rings (SSSR count). The van der Waals surface area contributed by atoms with Gasteiger partial charge in [0.15, 0.2) is 5.82 Å². The molecule has 0 spiro atoms. The van der Waals surface area contributed by atoms with Crippen molar-refractivity contribution in [1.82, 2.24) is 20.2 Å². The molecule has 1 unspecified atom stereocenters. The minimum absolute atomic E-state index is 0.0280. The van der Waals surface area contributed by atoms with Crippen LogP contribution in [0.3, 0.4) is 0 Å². The number of aliphatic carboxylic acids is 1. The van der Waals surface area contributed by atoms with Gasteiger partial charge in [-0.25, -0.2) is 4.68 Å². The molecule has 0 aliphatic heterocycles. The third-order valence-electron chi connectivity index (χ3n) is 2.89. The maximum absolute atomic E-state index is 10.9. The molecule has 1 aromatic carbocycles. The van der Waals surface area contributed by atoms with Crippen LogP contribution in [-0.4, -0.2) is 31.3 Å². The van der Waals surface area contributed by atoms with E-state index in [4.69, 9.17) is 16.7 Å². The van der Waals surface area contributed by atoms with Crippen LogP contribution < -0.4 is 0 Å². The fourth-order valence-corrected chi connectivity index (χ4v) is 2.75. The predicted molar refractivity (Wildman–Crippen MR) is 77.5 cm³/mol. The van der Waals surface area contributed by atoms with Crippen molar-refractivity contribution >= 4 is 33.5 Å². The zero-order valence-electron chi connectivity index (χ0n) is 10.6. The van der Waals surface area contributed by atoms with Crippen LogP contribution in [0, 0.1) is 0 Å². The molecule has 0 bridgehead atoms. The van der Waals surface area contributed by atoms with E-state index < -0.39 is 5.97 Å². The highest BCUT2D eigenvalue weighted by Crippen LogP contribution is 2.31. The van der Waals surface area contributed by atoms with Crippen LogP contribution in [0.2, 0.25) is 5.02 Å². The van der Waals surface area contributed by atoms with Gasteiger partial charge in [-0.1, -0.05) is 18.5 Å². The Bertz CT molecular complexity index is 632. The summed E-state index contributed by atoms with van der Waals surface area (Å²) in [5, 5.41) is 21.1. The van der Waals surface area contributed by atoms with Gasteiger partial charge in [-0.15, -0.1) is 5.10 Å². The third kappa shape index (κ3) is 3.16. The fourth-order valence-electron chi connectivity index (χ4n) is 1.89. The highest BCUT2D eigenvalue weighted by molar-refractivity contribution is 9.10. The summed E-state index contributed by atoms with van der Waals surface area (Å²) in [7, 11) is 0. The Kier molecular flexibility index (Phi) is 4.72. The number of hydrogen-bond acceptors (Lipinski definition) is 4. The Morgan fingerprint density at radius 1 is 1.55 bits per heavy atom. The van der Waals surface area contributed by atoms with Gasteiger partial charge in [-0.3, -0.25) is 4.79 Å². The smallest absolute Gasteiger partial charge is 0.305 e. The van der Waals surface area contributed by atoms with Crippen molar-refractivity contribution in [2.75, 3.05) is 0 Å². The van der Waals surface area contributed by atoms with E-state index in [1.807, 2.05) is 6.92 Å². The van der Waals surface area contributed by atoms with E-state index in [2.05, 4.69) is 31.5 Å². The first-order chi connectivity index (χ1) is 9.52. The average molecular weight is 360 g/mol. The summed E-state index contributed by atoms with van der Waals surface area (Å²) in [6, 6.07) is 4.98. The molecule has 0 amide bonds. The second kappa shape index (κ2) is 6.32. The molecule has 0 aliphatic carbocycles. The number of carbonyl (C=O) groups is 1. The average Bonchev–Trinajstić information content (AvgIpc) is 2.84. The van der Waals surface area contributed by atoms with E-state index in [0.29, 0.717) is 17.3 Å². The van der Waals surface area contributed by atoms with E-state index in [1.54, 1.807) is 22.9 Å². The van der Waals surface area contributed by atoms with Crippen molar-refractivity contribution in [3.05, 3.63) is 27.7 Å². The maximum Gasteiger partial charge on any atom is 0.305 e. The number of carboxylic acids is 1. The Morgan fingerprint density at radius 2 is 2.30 bits per heavy atom. The summed E-state index contributed by atoms with van der Waals surface area (Å²) in [4.78, 5) is 10.9. The zero-order valence-corrected chi connectivity index (χ0v) is 13.0. The summed E-state index contributed by atoms with van der Waals surface area (Å²) in [6.07, 6.45) is 0.593. The molecule has 2 aromatic rings. The lowest BCUT2D eigenvalue weighted by Gasteiger charge is -2.14. The molecular formula is C12H12BrClN4O2. The van der Waals surface area contributed by atoms with Crippen molar-refractivity contribution in [1.29, 1.82) is 0 Å². The number of benzene rings is 1. The van der Waals surface area contributed by atoms with Gasteiger partial charge in [0, 0.05) is 15.1 Å². The molecule has 8 heteroatoms. The van der Waals surface area contributed by atoms with Gasteiger partial charge in [0.05, 0.1) is 12.5 Å². The number of halogens is 2. The van der Waals surface area contributed by atoms with Gasteiger partial charge in [0.25, 0.3) is 0 Å². The zero-order chi connectivity index (χ0) is 14.7. The lowest BCUT2D eigenvalue weighted by Crippen LogP contribution is -2.15. The van der Waals surface area contributed by atoms with Gasteiger partial charge in [0.1, 0.15) is 0 Å². The quantitative estimate of drug-likeness (QED) is 0.886. The standard InChI is InChI=1S/C12H12BrClN4O2/c1-2-8(6-11(19)20)18-12(15-16-17-18)9-4-3-7(14)5-10(9)13/h3-5,8H,2,6H2,1H3,(H,19,20). The van der Waals surface area contributed by atoms with Crippen LogP contribution in [0.1, 0.15) is 25.8 Å². The maximum atomic E-state index is 10.9. The minimum atomic E-state index is -0.881. The Labute approximate surface area is 128 Å². The molecule has 1 atom stereocenters. The highest BCUT2D eigenvalue weighted by atomic mass is 79.9. The van der Waals surface area contributed by atoms with E-state index in [1.165, 1.54) is 0 Å². The minimum Gasteiger partial charge on any atom is -0.481 e. The topological polar surface area (TPSA) is 80.9 Å². The number of carboxylic acid groups (broad SMARTS) is 1. The number of hydrogen-bond donors (Lipinski definition) is 1. The Morgan fingerprint density at radius 3 is 2.90 bits per heavy atom. The summed E-state index contributed by atoms with van der Waals surface area (Å²) in [6.45, 7) is 1.90. The Balaban J connectivity index is 2.43. The first kappa shape index (κ1) is 14.9. The van der Waals surface area contributed by atoms with Crippen LogP contribution >= 0.6 is 27.5 Å². The molecule has 1 N–H and O–H groups in total. The molecule has 20 heavy (non-hydrogen) atoms. The summed E-state index contributed by atoms with van der Waals surface area (Å²) >= 11 is 9.33. The van der Waals surface area contributed by atoms with E-state index in [0.717, 1.165) is 10.0 Å². The monoisotopic (exact) mass is 358 g/mol. The largest absolute Gasteiger partial charge is 0.481 e. The Hall–Kier alpha value is -1.47. The summed E-state index contributed by atoms with van der Waals surface area (Å²) in [5.74, 6) is -0.366. The first-order valence-electron chi connectivity index (χ1n) is 5.98. The number of tetrazole rings is 1. The lowest BCUT2D eigenvalue weighted by atomic mass is 10.1. The molecule has 0 radical (unpaired) electrons. The first-order valence-corrected chi connectivity index (χ1v) is 7.15. The normalized spacial score (nSPS) is 12.3. The van der Waals surface area contributed by atoms with Crippen LogP contribution in [0.5, 0.6) is 0 Å². The summed E-state index contributed by atoms with van der Waals surface area (Å²) < 4.78 is 2.30. The second-order valence-corrected chi connectivity index (χ2v) is 5.52. The fraction of sp³-hybridized carbons (Fsp3) is 0.333. The summed E-state index contributed by atoms with van der Waals surface area (Å²) in [5.41, 5.74) is 0.767. The van der Waals surface area contributed by atoms with Gasteiger partial charge >= 0.3 is 5.97 Å². The van der Waals surface area contributed by atoms with Crippen LogP contribution in [0.15, 0.2) is 22.7 Å². The van der Waals surface area contributed by atoms with Gasteiger partial charge in [-0.05, 0) is 51.0 Å². The van der Waals surface area contributed by atoms with Crippen molar-refractivity contribution in [2.45, 2.75) is 25.8 Å².